The summed E-state index contributed by atoms with van der Waals surface area (Å²) in [7, 11) is 0. The molecule has 0 saturated heterocycles. The SMILES string of the molecule is c1cnc2nc3c4ccc5c6c4c4n(c3cc2c1)c1ccccc1[n+]4C61c2c(ccc3c4ccccc4n4c6ccccc6[n+]1c4c23)O5. The Morgan fingerprint density at radius 3 is 1.94 bits per heavy atom. The molecule has 1 unspecified atom stereocenters. The fourth-order valence-electron chi connectivity index (χ4n) is 9.90. The normalized spacial score (nSPS) is 17.0. The van der Waals surface area contributed by atoms with E-state index in [1.165, 1.54) is 54.9 Å². The molecular weight excluding hydrogens is 592 g/mol. The molecule has 0 fully saturated rings. The molecule has 218 valence electrons. The van der Waals surface area contributed by atoms with Gasteiger partial charge in [-0.15, -0.1) is 0 Å². The molecule has 0 bridgehead atoms. The van der Waals surface area contributed by atoms with Crippen LogP contribution in [0.2, 0.25) is 0 Å². The Morgan fingerprint density at radius 1 is 0.562 bits per heavy atom. The van der Waals surface area contributed by atoms with Crippen LogP contribution in [0.15, 0.2) is 121 Å². The summed E-state index contributed by atoms with van der Waals surface area (Å²) in [6.07, 6.45) is 1.83. The molecule has 1 atom stereocenters. The van der Waals surface area contributed by atoms with Crippen LogP contribution in [0.1, 0.15) is 11.1 Å². The molecule has 0 aliphatic carbocycles. The summed E-state index contributed by atoms with van der Waals surface area (Å²) < 4.78 is 17.2. The average Bonchev–Trinajstić information content (AvgIpc) is 3.85. The highest BCUT2D eigenvalue weighted by Crippen LogP contribution is 2.58. The van der Waals surface area contributed by atoms with Crippen molar-refractivity contribution in [1.29, 1.82) is 0 Å². The van der Waals surface area contributed by atoms with Crippen molar-refractivity contribution in [2.24, 2.45) is 0 Å². The Hall–Kier alpha value is -6.60. The smallest absolute Gasteiger partial charge is 0.316 e. The lowest BCUT2D eigenvalue weighted by Gasteiger charge is -2.31. The molecule has 3 aliphatic heterocycles. The highest BCUT2D eigenvalue weighted by atomic mass is 16.5. The summed E-state index contributed by atoms with van der Waals surface area (Å²) in [5.74, 6) is 1.79. The van der Waals surface area contributed by atoms with Crippen LogP contribution < -0.4 is 13.9 Å². The van der Waals surface area contributed by atoms with Gasteiger partial charge in [0.05, 0.1) is 10.8 Å². The largest absolute Gasteiger partial charge is 0.456 e. The van der Waals surface area contributed by atoms with Crippen molar-refractivity contribution in [2.75, 3.05) is 0 Å². The van der Waals surface area contributed by atoms with E-state index in [-0.39, 0.29) is 0 Å². The fraction of sp³-hybridized carbons (Fsp3) is 0.0244. The van der Waals surface area contributed by atoms with Gasteiger partial charge in [-0.3, -0.25) is 0 Å². The van der Waals surface area contributed by atoms with Crippen LogP contribution in [0.5, 0.6) is 11.5 Å². The van der Waals surface area contributed by atoms with Gasteiger partial charge in [-0.25, -0.2) is 9.97 Å². The van der Waals surface area contributed by atoms with E-state index in [9.17, 15) is 0 Å². The maximum Gasteiger partial charge on any atom is 0.316 e. The van der Waals surface area contributed by atoms with E-state index < -0.39 is 5.66 Å². The first-order valence-electron chi connectivity index (χ1n) is 16.4. The standard InChI is InChI=1S/C41H20N6O/c1-2-10-25-22(9-1)23-15-17-31-35-33(23)39-44(25)26-11-3-5-13-28(26)46(39)41(35)36-32(48-31)18-16-24-34(36)40-45(27-12-4-6-14-29(27)47(40)41)30-20-21-8-7-19-42-38(21)43-37(24)30/h1-20H/q+2. The lowest BCUT2D eigenvalue weighted by Crippen LogP contribution is -2.71. The van der Waals surface area contributed by atoms with E-state index in [4.69, 9.17) is 9.72 Å². The first-order chi connectivity index (χ1) is 23.8. The molecule has 3 aliphatic rings. The molecule has 1 spiro atoms. The van der Waals surface area contributed by atoms with E-state index in [0.717, 1.165) is 55.6 Å². The van der Waals surface area contributed by atoms with Crippen LogP contribution in [0.3, 0.4) is 0 Å². The third kappa shape index (κ3) is 2.07. The number of pyridine rings is 4. The zero-order valence-electron chi connectivity index (χ0n) is 25.1. The van der Waals surface area contributed by atoms with Crippen LogP contribution in [-0.4, -0.2) is 18.8 Å². The minimum Gasteiger partial charge on any atom is -0.456 e. The minimum atomic E-state index is -0.734. The molecule has 14 rings (SSSR count). The predicted molar refractivity (Wildman–Crippen MR) is 185 cm³/mol. The van der Waals surface area contributed by atoms with Crippen LogP contribution in [0.25, 0.3) is 87.9 Å². The average molecular weight is 613 g/mol. The lowest BCUT2D eigenvalue weighted by atomic mass is 9.85. The van der Waals surface area contributed by atoms with E-state index in [2.05, 4.69) is 132 Å². The summed E-state index contributed by atoms with van der Waals surface area (Å²) >= 11 is 0. The number of fused-ring (bicyclic) bond motifs is 13. The number of hydrogen-bond donors (Lipinski definition) is 0. The highest BCUT2D eigenvalue weighted by Gasteiger charge is 2.67. The van der Waals surface area contributed by atoms with Gasteiger partial charge < -0.3 is 4.74 Å². The zero-order valence-corrected chi connectivity index (χ0v) is 25.1. The third-order valence-corrected chi connectivity index (χ3v) is 11.4. The topological polar surface area (TPSA) is 51.6 Å². The number of rotatable bonds is 0. The minimum absolute atomic E-state index is 0.734. The van der Waals surface area contributed by atoms with Gasteiger partial charge in [-0.05, 0) is 72.8 Å². The Labute approximate surface area is 269 Å². The molecule has 7 nitrogen and oxygen atoms in total. The summed E-state index contributed by atoms with van der Waals surface area (Å²) in [5, 5.41) is 7.03. The Bertz CT molecular complexity index is 3450. The Balaban J connectivity index is 1.36. The van der Waals surface area contributed by atoms with Crippen LogP contribution in [0, 0.1) is 0 Å². The number of aromatic nitrogens is 6. The van der Waals surface area contributed by atoms with E-state index in [1.807, 2.05) is 12.3 Å². The molecule has 5 aromatic carbocycles. The van der Waals surface area contributed by atoms with Crippen LogP contribution in [0.4, 0.5) is 0 Å². The number of ether oxygens (including phenoxy) is 1. The van der Waals surface area contributed by atoms with Gasteiger partial charge >= 0.3 is 17.0 Å². The number of nitrogens with zero attached hydrogens (tertiary/aromatic N) is 6. The summed E-state index contributed by atoms with van der Waals surface area (Å²) in [6, 6.07) is 41.7. The van der Waals surface area contributed by atoms with Gasteiger partial charge in [0, 0.05) is 27.7 Å². The van der Waals surface area contributed by atoms with Crippen molar-refractivity contribution in [3.63, 3.8) is 0 Å². The molecule has 0 radical (unpaired) electrons. The number of para-hydroxylation sites is 5. The van der Waals surface area contributed by atoms with Crippen LogP contribution >= 0.6 is 0 Å². The highest BCUT2D eigenvalue weighted by molar-refractivity contribution is 6.19. The van der Waals surface area contributed by atoms with E-state index in [0.29, 0.717) is 0 Å². The molecule has 9 heterocycles. The molecule has 6 aromatic heterocycles. The van der Waals surface area contributed by atoms with E-state index >= 15 is 0 Å². The van der Waals surface area contributed by atoms with Gasteiger partial charge in [0.1, 0.15) is 33.7 Å². The van der Waals surface area contributed by atoms with Crippen molar-refractivity contribution in [3.05, 3.63) is 133 Å². The van der Waals surface area contributed by atoms with Gasteiger partial charge in [-0.1, -0.05) is 42.5 Å². The fourth-order valence-corrected chi connectivity index (χ4v) is 9.90. The Morgan fingerprint density at radius 2 is 1.19 bits per heavy atom. The number of imidazole rings is 2. The first kappa shape index (κ1) is 22.8. The molecule has 11 aromatic rings. The first-order valence-corrected chi connectivity index (χ1v) is 16.4. The van der Waals surface area contributed by atoms with E-state index in [1.54, 1.807) is 0 Å². The predicted octanol–water partition coefficient (Wildman–Crippen LogP) is 7.66. The maximum absolute atomic E-state index is 6.99. The second-order valence-electron chi connectivity index (χ2n) is 13.4. The van der Waals surface area contributed by atoms with Crippen molar-refractivity contribution in [3.8, 4) is 11.5 Å². The maximum atomic E-state index is 6.99. The summed E-state index contributed by atoms with van der Waals surface area (Å²) in [4.78, 5) is 9.94. The number of benzene rings is 5. The molecule has 0 amide bonds. The summed E-state index contributed by atoms with van der Waals surface area (Å²) in [6.45, 7) is 0. The number of hydrogen-bond acceptors (Lipinski definition) is 3. The van der Waals surface area contributed by atoms with Gasteiger partial charge in [0.25, 0.3) is 0 Å². The second-order valence-corrected chi connectivity index (χ2v) is 13.4. The van der Waals surface area contributed by atoms with Crippen molar-refractivity contribution < 1.29 is 13.9 Å². The molecule has 0 N–H and O–H groups in total. The van der Waals surface area contributed by atoms with Gasteiger partial charge in [0.15, 0.2) is 33.2 Å². The molecule has 48 heavy (non-hydrogen) atoms. The molecule has 7 heteroatoms. The lowest BCUT2D eigenvalue weighted by molar-refractivity contribution is -0.923. The Kier molecular flexibility index (Phi) is 3.35. The quantitative estimate of drug-likeness (QED) is 0.100. The monoisotopic (exact) mass is 612 g/mol. The third-order valence-electron chi connectivity index (χ3n) is 11.4. The summed E-state index contributed by atoms with van der Waals surface area (Å²) in [5.41, 5.74) is 12.6. The van der Waals surface area contributed by atoms with Crippen molar-refractivity contribution >= 4 is 87.9 Å². The molecule has 0 saturated carbocycles. The van der Waals surface area contributed by atoms with Crippen molar-refractivity contribution in [1.82, 2.24) is 18.8 Å². The zero-order chi connectivity index (χ0) is 30.6. The van der Waals surface area contributed by atoms with Crippen molar-refractivity contribution in [2.45, 2.75) is 5.66 Å². The molecular formula is C41H20N6O+2. The second kappa shape index (κ2) is 7.04. The van der Waals surface area contributed by atoms with Crippen LogP contribution in [-0.2, 0) is 5.66 Å². The van der Waals surface area contributed by atoms with Gasteiger partial charge in [0.2, 0.25) is 0 Å². The van der Waals surface area contributed by atoms with Gasteiger partial charge in [-0.2, -0.15) is 17.9 Å².